The smallest absolute Gasteiger partial charge is 0.224 e. The summed E-state index contributed by atoms with van der Waals surface area (Å²) in [6.45, 7) is 3.10. The third kappa shape index (κ3) is 1.98. The van der Waals surface area contributed by atoms with Gasteiger partial charge >= 0.3 is 0 Å². The Morgan fingerprint density at radius 1 is 1.00 bits per heavy atom. The summed E-state index contributed by atoms with van der Waals surface area (Å²) < 4.78 is 4.74. The summed E-state index contributed by atoms with van der Waals surface area (Å²) in [5.74, 6) is -2.55. The van der Waals surface area contributed by atoms with Gasteiger partial charge in [-0.2, -0.15) is 0 Å². The van der Waals surface area contributed by atoms with Crippen LogP contribution in [0.15, 0.2) is 12.7 Å². The fraction of sp³-hybridized carbons (Fsp3) is 0.778. The predicted octanol–water partition coefficient (Wildman–Crippen LogP) is -3.30. The summed E-state index contributed by atoms with van der Waals surface area (Å²) in [4.78, 5) is 0. The Morgan fingerprint density at radius 3 is 1.81 bits per heavy atom. The lowest BCUT2D eigenvalue weighted by atomic mass is 9.82. The number of rotatable bonds is 3. The minimum atomic E-state index is -2.55. The molecule has 0 aliphatic heterocycles. The molecular weight excluding hydrogens is 220 g/mol. The van der Waals surface area contributed by atoms with Gasteiger partial charge in [-0.3, -0.25) is 0 Å². The number of ether oxygens (including phenoxy) is 1. The van der Waals surface area contributed by atoms with Gasteiger partial charge in [0, 0.05) is 0 Å². The third-order valence-corrected chi connectivity index (χ3v) is 2.63. The fourth-order valence-corrected chi connectivity index (χ4v) is 1.60. The lowest BCUT2D eigenvalue weighted by Gasteiger charge is -2.46. The largest absolute Gasteiger partial charge is 0.387 e. The van der Waals surface area contributed by atoms with Crippen LogP contribution in [0.4, 0.5) is 0 Å². The van der Waals surface area contributed by atoms with E-state index in [4.69, 9.17) is 4.74 Å². The first-order chi connectivity index (χ1) is 7.36. The van der Waals surface area contributed by atoms with Gasteiger partial charge in [0.15, 0.2) is 0 Å². The van der Waals surface area contributed by atoms with Gasteiger partial charge in [0.25, 0.3) is 0 Å². The van der Waals surface area contributed by atoms with Crippen molar-refractivity contribution < 1.29 is 35.4 Å². The SMILES string of the molecule is C=CCOC1(O)[C@H](O)[C@H](O)C(O)[C@H](O)[C@H]1O. The van der Waals surface area contributed by atoms with E-state index < -0.39 is 36.3 Å². The van der Waals surface area contributed by atoms with Crippen LogP contribution in [0.3, 0.4) is 0 Å². The van der Waals surface area contributed by atoms with E-state index >= 15 is 0 Å². The van der Waals surface area contributed by atoms with E-state index in [2.05, 4.69) is 6.58 Å². The molecule has 0 radical (unpaired) electrons. The summed E-state index contributed by atoms with van der Waals surface area (Å²) in [5.41, 5.74) is 0. The minimum Gasteiger partial charge on any atom is -0.387 e. The van der Waals surface area contributed by atoms with E-state index in [1.807, 2.05) is 0 Å². The molecule has 1 rings (SSSR count). The van der Waals surface area contributed by atoms with Crippen LogP contribution in [0, 0.1) is 0 Å². The molecule has 0 spiro atoms. The Labute approximate surface area is 91.8 Å². The molecule has 7 heteroatoms. The molecule has 0 saturated heterocycles. The molecule has 1 saturated carbocycles. The molecule has 2 unspecified atom stereocenters. The highest BCUT2D eigenvalue weighted by Gasteiger charge is 2.58. The molecule has 16 heavy (non-hydrogen) atoms. The van der Waals surface area contributed by atoms with E-state index in [-0.39, 0.29) is 6.61 Å². The monoisotopic (exact) mass is 236 g/mol. The maximum Gasteiger partial charge on any atom is 0.224 e. The quantitative estimate of drug-likeness (QED) is 0.223. The molecule has 0 bridgehead atoms. The van der Waals surface area contributed by atoms with Crippen molar-refractivity contribution in [3.63, 3.8) is 0 Å². The van der Waals surface area contributed by atoms with Crippen molar-refractivity contribution in [2.24, 2.45) is 0 Å². The summed E-state index contributed by atoms with van der Waals surface area (Å²) >= 11 is 0. The summed E-state index contributed by atoms with van der Waals surface area (Å²) in [7, 11) is 0. The number of aliphatic hydroxyl groups is 6. The Hall–Kier alpha value is -0.540. The maximum absolute atomic E-state index is 9.80. The molecular formula is C9H16O7. The number of hydrogen-bond acceptors (Lipinski definition) is 7. The molecule has 0 aromatic heterocycles. The zero-order chi connectivity index (χ0) is 12.5. The van der Waals surface area contributed by atoms with E-state index in [0.29, 0.717) is 0 Å². The van der Waals surface area contributed by atoms with Gasteiger partial charge in [-0.25, -0.2) is 0 Å². The molecule has 1 aliphatic carbocycles. The third-order valence-electron chi connectivity index (χ3n) is 2.63. The van der Waals surface area contributed by atoms with Crippen LogP contribution in [0.25, 0.3) is 0 Å². The normalized spacial score (nSPS) is 49.0. The summed E-state index contributed by atoms with van der Waals surface area (Å²) in [5, 5.41) is 56.7. The van der Waals surface area contributed by atoms with Crippen LogP contribution < -0.4 is 0 Å². The van der Waals surface area contributed by atoms with Gasteiger partial charge in [-0.1, -0.05) is 6.08 Å². The van der Waals surface area contributed by atoms with Crippen molar-refractivity contribution in [3.8, 4) is 0 Å². The van der Waals surface area contributed by atoms with E-state index in [1.165, 1.54) is 6.08 Å². The maximum atomic E-state index is 9.80. The number of hydrogen-bond donors (Lipinski definition) is 6. The van der Waals surface area contributed by atoms with Crippen molar-refractivity contribution in [2.75, 3.05) is 6.61 Å². The Balaban J connectivity index is 2.92. The molecule has 0 aromatic rings. The van der Waals surface area contributed by atoms with Crippen molar-refractivity contribution in [3.05, 3.63) is 12.7 Å². The molecule has 6 atom stereocenters. The Morgan fingerprint density at radius 2 is 1.44 bits per heavy atom. The molecule has 6 N–H and O–H groups in total. The average molecular weight is 236 g/mol. The lowest BCUT2D eigenvalue weighted by Crippen LogP contribution is -2.71. The van der Waals surface area contributed by atoms with Crippen LogP contribution in [-0.2, 0) is 4.74 Å². The molecule has 0 aromatic carbocycles. The van der Waals surface area contributed by atoms with Gasteiger partial charge in [0.1, 0.15) is 30.5 Å². The summed E-state index contributed by atoms with van der Waals surface area (Å²) in [6.07, 6.45) is -8.05. The Bertz CT molecular complexity index is 240. The molecule has 1 fully saturated rings. The first-order valence-corrected chi connectivity index (χ1v) is 4.73. The van der Waals surface area contributed by atoms with Crippen molar-refractivity contribution in [1.29, 1.82) is 0 Å². The zero-order valence-electron chi connectivity index (χ0n) is 8.47. The standard InChI is InChI=1S/C9H16O7/c1-2-3-16-9(15)7(13)5(11)4(10)6(12)8(9)14/h2,4-8,10-15H,1,3H2/t4?,5-,6+,7-,8-,9?/m1/s1. The van der Waals surface area contributed by atoms with Gasteiger partial charge in [-0.05, 0) is 0 Å². The van der Waals surface area contributed by atoms with Crippen molar-refractivity contribution in [1.82, 2.24) is 0 Å². The molecule has 7 nitrogen and oxygen atoms in total. The fourth-order valence-electron chi connectivity index (χ4n) is 1.60. The average Bonchev–Trinajstić information content (AvgIpc) is 2.29. The van der Waals surface area contributed by atoms with Gasteiger partial charge in [0.2, 0.25) is 5.79 Å². The lowest BCUT2D eigenvalue weighted by molar-refractivity contribution is -0.358. The van der Waals surface area contributed by atoms with E-state index in [1.54, 1.807) is 0 Å². The molecule has 0 amide bonds. The van der Waals surface area contributed by atoms with Crippen LogP contribution in [0.1, 0.15) is 0 Å². The van der Waals surface area contributed by atoms with E-state index in [9.17, 15) is 30.6 Å². The second-order valence-corrected chi connectivity index (χ2v) is 3.71. The van der Waals surface area contributed by atoms with Crippen molar-refractivity contribution in [2.45, 2.75) is 36.3 Å². The van der Waals surface area contributed by atoms with Crippen LogP contribution in [-0.4, -0.2) is 73.6 Å². The predicted molar refractivity (Wildman–Crippen MR) is 51.1 cm³/mol. The van der Waals surface area contributed by atoms with E-state index in [0.717, 1.165) is 0 Å². The highest BCUT2D eigenvalue weighted by Crippen LogP contribution is 2.31. The van der Waals surface area contributed by atoms with Crippen LogP contribution >= 0.6 is 0 Å². The molecule has 94 valence electrons. The summed E-state index contributed by atoms with van der Waals surface area (Å²) in [6, 6.07) is 0. The van der Waals surface area contributed by atoms with Crippen LogP contribution in [0.2, 0.25) is 0 Å². The first-order valence-electron chi connectivity index (χ1n) is 4.73. The zero-order valence-corrected chi connectivity index (χ0v) is 8.47. The van der Waals surface area contributed by atoms with Crippen LogP contribution in [0.5, 0.6) is 0 Å². The highest BCUT2D eigenvalue weighted by molar-refractivity contribution is 5.04. The van der Waals surface area contributed by atoms with Gasteiger partial charge < -0.3 is 35.4 Å². The van der Waals surface area contributed by atoms with Gasteiger partial charge in [-0.15, -0.1) is 6.58 Å². The number of aliphatic hydroxyl groups excluding tert-OH is 5. The second-order valence-electron chi connectivity index (χ2n) is 3.71. The molecule has 0 heterocycles. The van der Waals surface area contributed by atoms with Gasteiger partial charge in [0.05, 0.1) is 6.61 Å². The second kappa shape index (κ2) is 4.76. The minimum absolute atomic E-state index is 0.208. The van der Waals surface area contributed by atoms with Crippen molar-refractivity contribution >= 4 is 0 Å². The first kappa shape index (κ1) is 13.5. The highest BCUT2D eigenvalue weighted by atomic mass is 16.7. The topological polar surface area (TPSA) is 131 Å². The Kier molecular flexibility index (Phi) is 4.02. The molecule has 1 aliphatic rings.